The first kappa shape index (κ1) is 14.4. The first-order chi connectivity index (χ1) is 9.34. The van der Waals surface area contributed by atoms with Crippen molar-refractivity contribution in [3.8, 4) is 5.75 Å². The second-order valence-electron chi connectivity index (χ2n) is 4.58. The molecule has 1 heterocycles. The van der Waals surface area contributed by atoms with Crippen LogP contribution in [0.1, 0.15) is 18.5 Å². The lowest BCUT2D eigenvalue weighted by molar-refractivity contribution is -0.141. The number of pyridine rings is 1. The highest BCUT2D eigenvalue weighted by molar-refractivity contribution is 5.64. The first-order valence-corrected chi connectivity index (χ1v) is 5.96. The van der Waals surface area contributed by atoms with Gasteiger partial charge in [-0.2, -0.15) is 13.2 Å². The van der Waals surface area contributed by atoms with Gasteiger partial charge in [0.25, 0.3) is 0 Å². The zero-order chi connectivity index (χ0) is 14.8. The Morgan fingerprint density at radius 1 is 1.40 bits per heavy atom. The number of rotatable bonds is 4. The fourth-order valence-electron chi connectivity index (χ4n) is 1.92. The molecule has 0 saturated heterocycles. The molecule has 0 atom stereocenters. The molecule has 1 amide bonds. The summed E-state index contributed by atoms with van der Waals surface area (Å²) in [4.78, 5) is 13.8. The van der Waals surface area contributed by atoms with Gasteiger partial charge in [-0.25, -0.2) is 9.78 Å². The minimum atomic E-state index is -4.45. The SMILES string of the molecule is NC(=O)O[C@H]1C[C@@H](COc2ccc(C(F)(F)F)nc2)C1. The molecule has 8 heteroatoms. The molecule has 0 unspecified atom stereocenters. The van der Waals surface area contributed by atoms with E-state index >= 15 is 0 Å². The number of halogens is 3. The number of hydrogen-bond acceptors (Lipinski definition) is 4. The zero-order valence-electron chi connectivity index (χ0n) is 10.4. The van der Waals surface area contributed by atoms with Crippen LogP contribution in [-0.2, 0) is 10.9 Å². The smallest absolute Gasteiger partial charge is 0.433 e. The van der Waals surface area contributed by atoms with E-state index in [9.17, 15) is 18.0 Å². The van der Waals surface area contributed by atoms with Crippen LogP contribution in [0.3, 0.4) is 0 Å². The molecule has 0 aromatic carbocycles. The van der Waals surface area contributed by atoms with Crippen LogP contribution in [0.4, 0.5) is 18.0 Å². The number of primary amides is 1. The van der Waals surface area contributed by atoms with E-state index in [1.165, 1.54) is 6.07 Å². The van der Waals surface area contributed by atoms with E-state index < -0.39 is 18.0 Å². The fraction of sp³-hybridized carbons (Fsp3) is 0.500. The molecule has 110 valence electrons. The van der Waals surface area contributed by atoms with E-state index in [1.807, 2.05) is 0 Å². The third-order valence-corrected chi connectivity index (χ3v) is 2.99. The predicted octanol–water partition coefficient (Wildman–Crippen LogP) is 2.35. The molecule has 1 saturated carbocycles. The van der Waals surface area contributed by atoms with Gasteiger partial charge in [0.15, 0.2) is 0 Å². The predicted molar refractivity (Wildman–Crippen MR) is 61.9 cm³/mol. The van der Waals surface area contributed by atoms with Crippen LogP contribution in [0.2, 0.25) is 0 Å². The first-order valence-electron chi connectivity index (χ1n) is 5.96. The molecule has 1 fully saturated rings. The molecular weight excluding hydrogens is 277 g/mol. The molecule has 0 spiro atoms. The zero-order valence-corrected chi connectivity index (χ0v) is 10.4. The minimum Gasteiger partial charge on any atom is -0.492 e. The number of ether oxygens (including phenoxy) is 2. The Morgan fingerprint density at radius 2 is 2.10 bits per heavy atom. The molecule has 1 aliphatic rings. The number of carbonyl (C=O) groups is 1. The molecular formula is C12H13F3N2O3. The van der Waals surface area contributed by atoms with Gasteiger partial charge in [0.05, 0.1) is 12.8 Å². The molecule has 2 N–H and O–H groups in total. The van der Waals surface area contributed by atoms with E-state index in [4.69, 9.17) is 15.2 Å². The van der Waals surface area contributed by atoms with Gasteiger partial charge in [-0.05, 0) is 30.9 Å². The molecule has 1 aromatic rings. The van der Waals surface area contributed by atoms with Gasteiger partial charge in [0.2, 0.25) is 0 Å². The number of nitrogens with two attached hydrogens (primary N) is 1. The van der Waals surface area contributed by atoms with Gasteiger partial charge in [0.1, 0.15) is 17.5 Å². The van der Waals surface area contributed by atoms with Crippen LogP contribution >= 0.6 is 0 Å². The lowest BCUT2D eigenvalue weighted by Gasteiger charge is -2.33. The van der Waals surface area contributed by atoms with E-state index in [-0.39, 0.29) is 17.8 Å². The summed E-state index contributed by atoms with van der Waals surface area (Å²) in [6, 6.07) is 2.10. The van der Waals surface area contributed by atoms with Gasteiger partial charge < -0.3 is 15.2 Å². The lowest BCUT2D eigenvalue weighted by Crippen LogP contribution is -2.37. The topological polar surface area (TPSA) is 74.4 Å². The number of nitrogens with zero attached hydrogens (tertiary/aromatic N) is 1. The van der Waals surface area contributed by atoms with E-state index in [1.54, 1.807) is 0 Å². The number of amides is 1. The maximum Gasteiger partial charge on any atom is 0.433 e. The Balaban J connectivity index is 1.74. The molecule has 2 rings (SSSR count). The summed E-state index contributed by atoms with van der Waals surface area (Å²) in [6.45, 7) is 0.339. The summed E-state index contributed by atoms with van der Waals surface area (Å²) in [7, 11) is 0. The molecule has 1 aliphatic carbocycles. The van der Waals surface area contributed by atoms with E-state index in [0.29, 0.717) is 19.4 Å². The Labute approximate surface area is 112 Å². The van der Waals surface area contributed by atoms with Crippen molar-refractivity contribution >= 4 is 6.09 Å². The van der Waals surface area contributed by atoms with Gasteiger partial charge in [0, 0.05) is 0 Å². The van der Waals surface area contributed by atoms with Crippen molar-refractivity contribution in [2.75, 3.05) is 6.61 Å². The van der Waals surface area contributed by atoms with Crippen molar-refractivity contribution < 1.29 is 27.4 Å². The summed E-state index contributed by atoms with van der Waals surface area (Å²) < 4.78 is 47.0. The van der Waals surface area contributed by atoms with Crippen molar-refractivity contribution in [2.45, 2.75) is 25.1 Å². The van der Waals surface area contributed by atoms with Crippen molar-refractivity contribution in [3.63, 3.8) is 0 Å². The van der Waals surface area contributed by atoms with Gasteiger partial charge >= 0.3 is 12.3 Å². The van der Waals surface area contributed by atoms with Crippen molar-refractivity contribution in [2.24, 2.45) is 11.7 Å². The van der Waals surface area contributed by atoms with Crippen LogP contribution in [-0.4, -0.2) is 23.8 Å². The van der Waals surface area contributed by atoms with Crippen LogP contribution in [0.25, 0.3) is 0 Å². The Hall–Kier alpha value is -1.99. The normalized spacial score (nSPS) is 21.9. The highest BCUT2D eigenvalue weighted by atomic mass is 19.4. The van der Waals surface area contributed by atoms with E-state index in [2.05, 4.69) is 4.98 Å². The van der Waals surface area contributed by atoms with Crippen molar-refractivity contribution in [1.29, 1.82) is 0 Å². The lowest BCUT2D eigenvalue weighted by atomic mass is 9.83. The van der Waals surface area contributed by atoms with Crippen LogP contribution in [0.5, 0.6) is 5.75 Å². The second kappa shape index (κ2) is 5.56. The summed E-state index contributed by atoms with van der Waals surface area (Å²) in [5, 5.41) is 0. The Kier molecular flexibility index (Phi) is 4.01. The largest absolute Gasteiger partial charge is 0.492 e. The minimum absolute atomic E-state index is 0.188. The van der Waals surface area contributed by atoms with Gasteiger partial charge in [-0.3, -0.25) is 0 Å². The van der Waals surface area contributed by atoms with Crippen molar-refractivity contribution in [1.82, 2.24) is 4.98 Å². The molecule has 0 aliphatic heterocycles. The van der Waals surface area contributed by atoms with Gasteiger partial charge in [-0.15, -0.1) is 0 Å². The molecule has 0 bridgehead atoms. The Bertz CT molecular complexity index is 470. The van der Waals surface area contributed by atoms with Crippen LogP contribution in [0.15, 0.2) is 18.3 Å². The monoisotopic (exact) mass is 290 g/mol. The van der Waals surface area contributed by atoms with Crippen molar-refractivity contribution in [3.05, 3.63) is 24.0 Å². The average Bonchev–Trinajstić information content (AvgIpc) is 2.31. The highest BCUT2D eigenvalue weighted by Crippen LogP contribution is 2.31. The summed E-state index contributed by atoms with van der Waals surface area (Å²) in [6.07, 6.45) is -3.13. The molecule has 1 aromatic heterocycles. The molecule has 0 radical (unpaired) electrons. The second-order valence-corrected chi connectivity index (χ2v) is 4.58. The summed E-state index contributed by atoms with van der Waals surface area (Å²) in [5.74, 6) is 0.471. The molecule has 5 nitrogen and oxygen atoms in total. The molecule has 20 heavy (non-hydrogen) atoms. The van der Waals surface area contributed by atoms with Gasteiger partial charge in [-0.1, -0.05) is 0 Å². The quantitative estimate of drug-likeness (QED) is 0.923. The third-order valence-electron chi connectivity index (χ3n) is 2.99. The number of aromatic nitrogens is 1. The summed E-state index contributed by atoms with van der Waals surface area (Å²) >= 11 is 0. The third kappa shape index (κ3) is 3.75. The maximum absolute atomic E-state index is 12.3. The van der Waals surface area contributed by atoms with Crippen LogP contribution < -0.4 is 10.5 Å². The summed E-state index contributed by atoms with van der Waals surface area (Å²) in [5.41, 5.74) is 3.91. The maximum atomic E-state index is 12.3. The van der Waals surface area contributed by atoms with Crippen LogP contribution in [0, 0.1) is 5.92 Å². The number of carbonyl (C=O) groups excluding carboxylic acids is 1. The number of hydrogen-bond donors (Lipinski definition) is 1. The highest BCUT2D eigenvalue weighted by Gasteiger charge is 2.33. The fourth-order valence-corrected chi connectivity index (χ4v) is 1.92. The van der Waals surface area contributed by atoms with E-state index in [0.717, 1.165) is 12.3 Å². The number of alkyl halides is 3. The average molecular weight is 290 g/mol. The Morgan fingerprint density at radius 3 is 2.60 bits per heavy atom. The standard InChI is InChI=1S/C12H13F3N2O3/c13-12(14,15)10-2-1-8(5-17-10)19-6-7-3-9(4-7)20-11(16)18/h1-2,5,7,9H,3-4,6H2,(H2,16,18)/t7-,9+.